The summed E-state index contributed by atoms with van der Waals surface area (Å²) in [5.74, 6) is 1.86. The second-order valence-corrected chi connectivity index (χ2v) is 4.72. The molecule has 2 aromatic rings. The molecule has 1 aliphatic heterocycles. The van der Waals surface area contributed by atoms with Crippen molar-refractivity contribution in [2.24, 2.45) is 5.73 Å². The normalized spacial score (nSPS) is 12.5. The first-order valence-electron chi connectivity index (χ1n) is 6.12. The van der Waals surface area contributed by atoms with Gasteiger partial charge in [-0.15, -0.1) is 0 Å². The van der Waals surface area contributed by atoms with Gasteiger partial charge in [0.15, 0.2) is 11.5 Å². The number of pyridine rings is 1. The third-order valence-electron chi connectivity index (χ3n) is 2.91. The maximum atomic E-state index is 6.08. The molecule has 0 atom stereocenters. The van der Waals surface area contributed by atoms with Crippen molar-refractivity contribution in [3.63, 3.8) is 0 Å². The highest BCUT2D eigenvalue weighted by molar-refractivity contribution is 6.31. The van der Waals surface area contributed by atoms with Gasteiger partial charge in [0.25, 0.3) is 0 Å². The minimum atomic E-state index is 0.258. The molecular weight excluding hydrogens is 280 g/mol. The molecular formula is C14H13ClN2O3. The average molecular weight is 293 g/mol. The highest BCUT2D eigenvalue weighted by Crippen LogP contribution is 2.33. The van der Waals surface area contributed by atoms with Gasteiger partial charge in [0.1, 0.15) is 11.6 Å². The van der Waals surface area contributed by atoms with E-state index < -0.39 is 0 Å². The van der Waals surface area contributed by atoms with Crippen molar-refractivity contribution in [1.29, 1.82) is 0 Å². The molecule has 2 heterocycles. The Labute approximate surface area is 121 Å². The van der Waals surface area contributed by atoms with Gasteiger partial charge in [-0.2, -0.15) is 0 Å². The molecule has 20 heavy (non-hydrogen) atoms. The SMILES string of the molecule is NCc1cnc(OCc2ccc3c(c2)OCO3)c(Cl)c1. The maximum Gasteiger partial charge on any atom is 0.232 e. The van der Waals surface area contributed by atoms with Crippen LogP contribution in [0.2, 0.25) is 5.02 Å². The number of nitrogens with two attached hydrogens (primary N) is 1. The Bertz CT molecular complexity index is 634. The van der Waals surface area contributed by atoms with Gasteiger partial charge in [-0.3, -0.25) is 0 Å². The molecule has 2 N–H and O–H groups in total. The van der Waals surface area contributed by atoms with E-state index >= 15 is 0 Å². The van der Waals surface area contributed by atoms with Crippen LogP contribution in [-0.4, -0.2) is 11.8 Å². The first-order valence-corrected chi connectivity index (χ1v) is 6.50. The first-order chi connectivity index (χ1) is 9.76. The van der Waals surface area contributed by atoms with Gasteiger partial charge < -0.3 is 19.9 Å². The zero-order chi connectivity index (χ0) is 13.9. The molecule has 0 amide bonds. The molecule has 1 aromatic heterocycles. The van der Waals surface area contributed by atoms with Crippen LogP contribution in [0.5, 0.6) is 17.4 Å². The van der Waals surface area contributed by atoms with E-state index in [4.69, 9.17) is 31.5 Å². The Balaban J connectivity index is 1.70. The van der Waals surface area contributed by atoms with Crippen LogP contribution < -0.4 is 19.9 Å². The van der Waals surface area contributed by atoms with E-state index in [1.807, 2.05) is 18.2 Å². The van der Waals surface area contributed by atoms with Crippen LogP contribution in [0, 0.1) is 0 Å². The first kappa shape index (κ1) is 13.0. The third kappa shape index (κ3) is 2.64. The number of hydrogen-bond acceptors (Lipinski definition) is 5. The number of hydrogen-bond donors (Lipinski definition) is 1. The summed E-state index contributed by atoms with van der Waals surface area (Å²) < 4.78 is 16.2. The van der Waals surface area contributed by atoms with Crippen LogP contribution in [0.15, 0.2) is 30.5 Å². The Morgan fingerprint density at radius 3 is 2.85 bits per heavy atom. The zero-order valence-electron chi connectivity index (χ0n) is 10.6. The van der Waals surface area contributed by atoms with Crippen LogP contribution in [0.1, 0.15) is 11.1 Å². The fourth-order valence-corrected chi connectivity index (χ4v) is 2.11. The molecule has 6 heteroatoms. The quantitative estimate of drug-likeness (QED) is 0.938. The molecule has 0 unspecified atom stereocenters. The monoisotopic (exact) mass is 292 g/mol. The van der Waals surface area contributed by atoms with Gasteiger partial charge in [-0.25, -0.2) is 4.98 Å². The summed E-state index contributed by atoms with van der Waals surface area (Å²) in [6.07, 6.45) is 1.65. The largest absolute Gasteiger partial charge is 0.472 e. The second kappa shape index (κ2) is 5.56. The Morgan fingerprint density at radius 1 is 1.20 bits per heavy atom. The Kier molecular flexibility index (Phi) is 3.62. The topological polar surface area (TPSA) is 66.6 Å². The summed E-state index contributed by atoms with van der Waals surface area (Å²) in [6, 6.07) is 7.40. The van der Waals surface area contributed by atoms with Crippen molar-refractivity contribution in [2.75, 3.05) is 6.79 Å². The molecule has 0 bridgehead atoms. The molecule has 0 radical (unpaired) electrons. The van der Waals surface area contributed by atoms with Gasteiger partial charge in [0.2, 0.25) is 12.7 Å². The van der Waals surface area contributed by atoms with E-state index in [2.05, 4.69) is 4.98 Å². The summed E-state index contributed by atoms with van der Waals surface area (Å²) in [5, 5.41) is 0.452. The molecule has 0 saturated heterocycles. The summed E-state index contributed by atoms with van der Waals surface area (Å²) in [6.45, 7) is 1.01. The lowest BCUT2D eigenvalue weighted by Crippen LogP contribution is -2.01. The summed E-state index contributed by atoms with van der Waals surface area (Å²) in [4.78, 5) is 4.15. The predicted molar refractivity (Wildman–Crippen MR) is 74.0 cm³/mol. The van der Waals surface area contributed by atoms with Crippen molar-refractivity contribution in [3.8, 4) is 17.4 Å². The van der Waals surface area contributed by atoms with Gasteiger partial charge >= 0.3 is 0 Å². The van der Waals surface area contributed by atoms with Crippen LogP contribution >= 0.6 is 11.6 Å². The lowest BCUT2D eigenvalue weighted by Gasteiger charge is -2.08. The van der Waals surface area contributed by atoms with E-state index in [0.29, 0.717) is 24.1 Å². The predicted octanol–water partition coefficient (Wildman–Crippen LogP) is 2.50. The fraction of sp³-hybridized carbons (Fsp3) is 0.214. The summed E-state index contributed by atoms with van der Waals surface area (Å²) in [7, 11) is 0. The van der Waals surface area contributed by atoms with E-state index in [0.717, 1.165) is 22.6 Å². The minimum Gasteiger partial charge on any atom is -0.472 e. The van der Waals surface area contributed by atoms with Crippen LogP contribution in [0.3, 0.4) is 0 Å². The molecule has 5 nitrogen and oxygen atoms in total. The number of ether oxygens (including phenoxy) is 3. The van der Waals surface area contributed by atoms with Crippen LogP contribution in [0.25, 0.3) is 0 Å². The van der Waals surface area contributed by atoms with E-state index in [1.54, 1.807) is 12.3 Å². The van der Waals surface area contributed by atoms with E-state index in [-0.39, 0.29) is 6.79 Å². The highest BCUT2D eigenvalue weighted by atomic mass is 35.5. The van der Waals surface area contributed by atoms with Crippen molar-refractivity contribution in [1.82, 2.24) is 4.98 Å². The molecule has 1 aliphatic rings. The van der Waals surface area contributed by atoms with E-state index in [1.165, 1.54) is 0 Å². The Morgan fingerprint density at radius 2 is 2.05 bits per heavy atom. The number of aromatic nitrogens is 1. The van der Waals surface area contributed by atoms with Gasteiger partial charge in [-0.05, 0) is 29.3 Å². The average Bonchev–Trinajstić information content (AvgIpc) is 2.93. The number of rotatable bonds is 4. The Hall–Kier alpha value is -1.98. The van der Waals surface area contributed by atoms with Crippen molar-refractivity contribution in [2.45, 2.75) is 13.2 Å². The molecule has 0 saturated carbocycles. The number of benzene rings is 1. The van der Waals surface area contributed by atoms with Crippen molar-refractivity contribution in [3.05, 3.63) is 46.6 Å². The molecule has 1 aromatic carbocycles. The standard InChI is InChI=1S/C14H13ClN2O3/c15-11-3-10(5-16)6-17-14(11)18-7-9-1-2-12-13(4-9)20-8-19-12/h1-4,6H,5,7-8,16H2. The highest BCUT2D eigenvalue weighted by Gasteiger charge is 2.13. The molecule has 104 valence electrons. The van der Waals surface area contributed by atoms with Gasteiger partial charge in [0.05, 0.1) is 0 Å². The molecule has 0 fully saturated rings. The minimum absolute atomic E-state index is 0.258. The number of nitrogens with zero attached hydrogens (tertiary/aromatic N) is 1. The number of halogens is 1. The smallest absolute Gasteiger partial charge is 0.232 e. The summed E-state index contributed by atoms with van der Waals surface area (Å²) in [5.41, 5.74) is 7.34. The van der Waals surface area contributed by atoms with Crippen molar-refractivity contribution < 1.29 is 14.2 Å². The molecule has 0 spiro atoms. The van der Waals surface area contributed by atoms with E-state index in [9.17, 15) is 0 Å². The molecule has 0 aliphatic carbocycles. The van der Waals surface area contributed by atoms with Gasteiger partial charge in [0, 0.05) is 12.7 Å². The van der Waals surface area contributed by atoms with Crippen LogP contribution in [0.4, 0.5) is 0 Å². The number of fused-ring (bicyclic) bond motifs is 1. The fourth-order valence-electron chi connectivity index (χ4n) is 1.87. The lowest BCUT2D eigenvalue weighted by atomic mass is 10.2. The van der Waals surface area contributed by atoms with Crippen molar-refractivity contribution >= 4 is 11.6 Å². The zero-order valence-corrected chi connectivity index (χ0v) is 11.4. The third-order valence-corrected chi connectivity index (χ3v) is 3.18. The summed E-state index contributed by atoms with van der Waals surface area (Å²) >= 11 is 6.08. The maximum absolute atomic E-state index is 6.08. The second-order valence-electron chi connectivity index (χ2n) is 4.31. The van der Waals surface area contributed by atoms with Gasteiger partial charge in [-0.1, -0.05) is 17.7 Å². The van der Waals surface area contributed by atoms with Crippen LogP contribution in [-0.2, 0) is 13.2 Å². The molecule has 3 rings (SSSR count). The lowest BCUT2D eigenvalue weighted by molar-refractivity contribution is 0.174.